The zero-order chi connectivity index (χ0) is 19.4. The minimum Gasteiger partial charge on any atom is -0.508 e. The van der Waals surface area contributed by atoms with Crippen LogP contribution < -0.4 is 15.0 Å². The molecule has 1 aliphatic rings. The quantitative estimate of drug-likeness (QED) is 0.822. The van der Waals surface area contributed by atoms with E-state index in [2.05, 4.69) is 15.1 Å². The highest BCUT2D eigenvalue weighted by Gasteiger charge is 2.20. The second-order valence-corrected chi connectivity index (χ2v) is 7.04. The molecule has 0 saturated carbocycles. The highest BCUT2D eigenvalue weighted by atomic mass is 35.5. The molecule has 3 rings (SSSR count). The lowest BCUT2D eigenvalue weighted by Gasteiger charge is -2.35. The molecule has 2 N–H and O–H groups in total. The summed E-state index contributed by atoms with van der Waals surface area (Å²) in [5.41, 5.74) is 2.60. The highest BCUT2D eigenvalue weighted by Crippen LogP contribution is 2.31. The normalized spacial score (nSPS) is 14.9. The number of aromatic hydroxyl groups is 1. The van der Waals surface area contributed by atoms with Crippen LogP contribution in [-0.2, 0) is 4.79 Å². The van der Waals surface area contributed by atoms with Crippen LogP contribution in [0.1, 0.15) is 5.56 Å². The number of piperazine rings is 1. The second kappa shape index (κ2) is 8.50. The molecule has 7 heteroatoms. The molecular weight excluding hydrogens is 366 g/mol. The number of nitrogens with one attached hydrogen (secondary N) is 1. The third-order valence-corrected chi connectivity index (χ3v) is 5.12. The van der Waals surface area contributed by atoms with E-state index in [0.29, 0.717) is 23.0 Å². The van der Waals surface area contributed by atoms with Gasteiger partial charge in [0.1, 0.15) is 11.5 Å². The van der Waals surface area contributed by atoms with E-state index >= 15 is 0 Å². The molecule has 27 heavy (non-hydrogen) atoms. The van der Waals surface area contributed by atoms with E-state index in [4.69, 9.17) is 16.3 Å². The van der Waals surface area contributed by atoms with Crippen LogP contribution in [0.2, 0.25) is 5.02 Å². The molecule has 144 valence electrons. The van der Waals surface area contributed by atoms with Gasteiger partial charge in [-0.25, -0.2) is 0 Å². The third-order valence-electron chi connectivity index (χ3n) is 4.71. The fourth-order valence-corrected chi connectivity index (χ4v) is 3.30. The Morgan fingerprint density at radius 3 is 2.48 bits per heavy atom. The van der Waals surface area contributed by atoms with E-state index in [1.54, 1.807) is 25.3 Å². The first-order chi connectivity index (χ1) is 13.0. The van der Waals surface area contributed by atoms with E-state index in [1.165, 1.54) is 0 Å². The van der Waals surface area contributed by atoms with Crippen molar-refractivity contribution in [3.8, 4) is 11.5 Å². The molecule has 0 atom stereocenters. The molecule has 2 aromatic rings. The number of hydrogen-bond acceptors (Lipinski definition) is 5. The molecule has 0 aromatic heterocycles. The molecule has 1 fully saturated rings. The summed E-state index contributed by atoms with van der Waals surface area (Å²) >= 11 is 6.11. The average molecular weight is 390 g/mol. The fourth-order valence-electron chi connectivity index (χ4n) is 3.15. The minimum atomic E-state index is -0.0758. The number of aryl methyl sites for hydroxylation is 1. The summed E-state index contributed by atoms with van der Waals surface area (Å²) in [6, 6.07) is 10.7. The first kappa shape index (κ1) is 19.3. The van der Waals surface area contributed by atoms with Gasteiger partial charge in [0.15, 0.2) is 0 Å². The van der Waals surface area contributed by atoms with Gasteiger partial charge in [-0.3, -0.25) is 9.69 Å². The van der Waals surface area contributed by atoms with Crippen molar-refractivity contribution >= 4 is 28.9 Å². The number of phenolic OH excluding ortho intramolecular Hbond substituents is 1. The van der Waals surface area contributed by atoms with Crippen molar-refractivity contribution in [1.29, 1.82) is 0 Å². The standard InChI is InChI=1S/C20H24ClN3O3/c1-14-11-18(19(27-2)12-17(14)21)22-20(26)13-23-7-9-24(10-8-23)15-3-5-16(25)6-4-15/h3-6,11-12,25H,7-10,13H2,1-2H3,(H,22,26). The lowest BCUT2D eigenvalue weighted by molar-refractivity contribution is -0.117. The SMILES string of the molecule is COc1cc(Cl)c(C)cc1NC(=O)CN1CCN(c2ccc(O)cc2)CC1. The fraction of sp³-hybridized carbons (Fsp3) is 0.350. The van der Waals surface area contributed by atoms with Crippen molar-refractivity contribution in [3.63, 3.8) is 0 Å². The lowest BCUT2D eigenvalue weighted by Crippen LogP contribution is -2.48. The van der Waals surface area contributed by atoms with Crippen LogP contribution in [0.5, 0.6) is 11.5 Å². The number of hydrogen-bond donors (Lipinski definition) is 2. The molecule has 6 nitrogen and oxygen atoms in total. The second-order valence-electron chi connectivity index (χ2n) is 6.63. The van der Waals surface area contributed by atoms with Gasteiger partial charge in [-0.15, -0.1) is 0 Å². The van der Waals surface area contributed by atoms with Crippen LogP contribution in [0.15, 0.2) is 36.4 Å². The minimum absolute atomic E-state index is 0.0758. The monoisotopic (exact) mass is 389 g/mol. The molecule has 0 aliphatic carbocycles. The van der Waals surface area contributed by atoms with E-state index in [1.807, 2.05) is 25.1 Å². The number of ether oxygens (including phenoxy) is 1. The number of halogens is 1. The zero-order valence-corrected chi connectivity index (χ0v) is 16.3. The Morgan fingerprint density at radius 1 is 1.19 bits per heavy atom. The Labute approximate surface area is 164 Å². The largest absolute Gasteiger partial charge is 0.508 e. The molecule has 0 spiro atoms. The predicted molar refractivity (Wildman–Crippen MR) is 108 cm³/mol. The van der Waals surface area contributed by atoms with Crippen LogP contribution in [-0.4, -0.2) is 55.7 Å². The van der Waals surface area contributed by atoms with Crippen LogP contribution in [0.3, 0.4) is 0 Å². The Bertz CT molecular complexity index is 803. The Kier molecular flexibility index (Phi) is 6.08. The van der Waals surface area contributed by atoms with Crippen molar-refractivity contribution in [1.82, 2.24) is 4.90 Å². The number of rotatable bonds is 5. The van der Waals surface area contributed by atoms with Crippen molar-refractivity contribution in [2.75, 3.05) is 50.1 Å². The maximum Gasteiger partial charge on any atom is 0.238 e. The first-order valence-electron chi connectivity index (χ1n) is 8.86. The summed E-state index contributed by atoms with van der Waals surface area (Å²) in [4.78, 5) is 16.8. The number of phenols is 1. The smallest absolute Gasteiger partial charge is 0.238 e. The summed E-state index contributed by atoms with van der Waals surface area (Å²) in [7, 11) is 1.55. The predicted octanol–water partition coefficient (Wildman–Crippen LogP) is 3.12. The Balaban J connectivity index is 1.54. The van der Waals surface area contributed by atoms with Crippen molar-refractivity contribution < 1.29 is 14.6 Å². The molecule has 0 unspecified atom stereocenters. The summed E-state index contributed by atoms with van der Waals surface area (Å²) in [5.74, 6) is 0.742. The average Bonchev–Trinajstić information content (AvgIpc) is 2.66. The number of carbonyl (C=O) groups excluding carboxylic acids is 1. The lowest BCUT2D eigenvalue weighted by atomic mass is 10.2. The number of amides is 1. The van der Waals surface area contributed by atoms with Gasteiger partial charge in [-0.2, -0.15) is 0 Å². The highest BCUT2D eigenvalue weighted by molar-refractivity contribution is 6.31. The van der Waals surface area contributed by atoms with Crippen molar-refractivity contribution in [2.24, 2.45) is 0 Å². The topological polar surface area (TPSA) is 65.0 Å². The number of anilines is 2. The van der Waals surface area contributed by atoms with Gasteiger partial charge in [0.05, 0.1) is 19.3 Å². The van der Waals surface area contributed by atoms with Gasteiger partial charge in [-0.05, 0) is 42.8 Å². The number of benzene rings is 2. The van der Waals surface area contributed by atoms with Crippen LogP contribution in [0.4, 0.5) is 11.4 Å². The molecule has 1 heterocycles. The van der Waals surface area contributed by atoms with Gasteiger partial charge in [-0.1, -0.05) is 11.6 Å². The third kappa shape index (κ3) is 4.84. The summed E-state index contributed by atoms with van der Waals surface area (Å²) in [5, 5.41) is 12.9. The molecule has 0 bridgehead atoms. The molecular formula is C20H24ClN3O3. The first-order valence-corrected chi connectivity index (χ1v) is 9.24. The number of nitrogens with zero attached hydrogens (tertiary/aromatic N) is 2. The Hall–Kier alpha value is -2.44. The van der Waals surface area contributed by atoms with Gasteiger partial charge in [0, 0.05) is 43.0 Å². The van der Waals surface area contributed by atoms with Crippen LogP contribution in [0, 0.1) is 6.92 Å². The van der Waals surface area contributed by atoms with Gasteiger partial charge in [0.2, 0.25) is 5.91 Å². The summed E-state index contributed by atoms with van der Waals surface area (Å²) in [6.45, 7) is 5.48. The van der Waals surface area contributed by atoms with Crippen molar-refractivity contribution in [2.45, 2.75) is 6.92 Å². The molecule has 1 saturated heterocycles. The molecule has 1 aliphatic heterocycles. The van der Waals surface area contributed by atoms with Gasteiger partial charge >= 0.3 is 0 Å². The van der Waals surface area contributed by atoms with E-state index in [9.17, 15) is 9.90 Å². The molecule has 2 aromatic carbocycles. The van der Waals surface area contributed by atoms with Crippen LogP contribution >= 0.6 is 11.6 Å². The molecule has 1 amide bonds. The maximum atomic E-state index is 12.5. The molecule has 0 radical (unpaired) electrons. The zero-order valence-electron chi connectivity index (χ0n) is 15.5. The maximum absolute atomic E-state index is 12.5. The van der Waals surface area contributed by atoms with Crippen molar-refractivity contribution in [3.05, 3.63) is 47.0 Å². The van der Waals surface area contributed by atoms with Crippen LogP contribution in [0.25, 0.3) is 0 Å². The number of methoxy groups -OCH3 is 1. The summed E-state index contributed by atoms with van der Waals surface area (Å²) < 4.78 is 5.31. The number of carbonyl (C=O) groups is 1. The summed E-state index contributed by atoms with van der Waals surface area (Å²) in [6.07, 6.45) is 0. The van der Waals surface area contributed by atoms with Gasteiger partial charge in [0.25, 0.3) is 0 Å². The van der Waals surface area contributed by atoms with E-state index < -0.39 is 0 Å². The Morgan fingerprint density at radius 2 is 1.85 bits per heavy atom. The van der Waals surface area contributed by atoms with Gasteiger partial charge < -0.3 is 20.1 Å². The van der Waals surface area contributed by atoms with E-state index in [0.717, 1.165) is 37.4 Å². The van der Waals surface area contributed by atoms with E-state index in [-0.39, 0.29) is 11.7 Å².